The molecule has 3 nitrogen and oxygen atoms in total. The monoisotopic (exact) mass is 301 g/mol. The van der Waals surface area contributed by atoms with Crippen LogP contribution in [0.15, 0.2) is 24.3 Å². The summed E-state index contributed by atoms with van der Waals surface area (Å²) in [5.74, 6) is 1.75. The standard InChI is InChI=1S/C19H27NO2/c1-18(2)16(13-8-11-22-17(13)18)20-12-19(9-10-19)14-6-4-5-7-15(14)21-3/h4-7,13,16-17,20H,8-12H2,1-3H3/t13-,16+,17+/m0/s1. The number of benzene rings is 1. The van der Waals surface area contributed by atoms with Crippen molar-refractivity contribution in [1.29, 1.82) is 0 Å². The van der Waals surface area contributed by atoms with Crippen LogP contribution in [0.2, 0.25) is 0 Å². The summed E-state index contributed by atoms with van der Waals surface area (Å²) in [5.41, 5.74) is 1.92. The minimum absolute atomic E-state index is 0.262. The second-order valence-corrected chi connectivity index (χ2v) is 7.90. The van der Waals surface area contributed by atoms with Gasteiger partial charge in [0.2, 0.25) is 0 Å². The maximum atomic E-state index is 5.91. The second-order valence-electron chi connectivity index (χ2n) is 7.90. The van der Waals surface area contributed by atoms with Crippen LogP contribution < -0.4 is 10.1 Å². The first-order valence-corrected chi connectivity index (χ1v) is 8.57. The Balaban J connectivity index is 1.48. The summed E-state index contributed by atoms with van der Waals surface area (Å²) in [5, 5.41) is 3.90. The number of hydrogen-bond donors (Lipinski definition) is 1. The Kier molecular flexibility index (Phi) is 3.28. The van der Waals surface area contributed by atoms with Crippen molar-refractivity contribution >= 4 is 0 Å². The van der Waals surface area contributed by atoms with E-state index >= 15 is 0 Å². The summed E-state index contributed by atoms with van der Waals surface area (Å²) < 4.78 is 11.5. The lowest BCUT2D eigenvalue weighted by Crippen LogP contribution is -2.66. The maximum Gasteiger partial charge on any atom is 0.122 e. The number of fused-ring (bicyclic) bond motifs is 1. The van der Waals surface area contributed by atoms with Gasteiger partial charge in [-0.15, -0.1) is 0 Å². The first kappa shape index (κ1) is 14.5. The zero-order chi connectivity index (χ0) is 15.4. The van der Waals surface area contributed by atoms with Crippen molar-refractivity contribution in [3.63, 3.8) is 0 Å². The Labute approximate surface area is 133 Å². The lowest BCUT2D eigenvalue weighted by molar-refractivity contribution is -0.112. The summed E-state index contributed by atoms with van der Waals surface area (Å²) in [4.78, 5) is 0. The van der Waals surface area contributed by atoms with Crippen molar-refractivity contribution in [2.45, 2.75) is 50.7 Å². The van der Waals surface area contributed by atoms with Crippen LogP contribution in [0, 0.1) is 11.3 Å². The molecule has 2 aliphatic carbocycles. The smallest absolute Gasteiger partial charge is 0.122 e. The molecule has 3 atom stereocenters. The van der Waals surface area contributed by atoms with Crippen LogP contribution in [-0.4, -0.2) is 32.4 Å². The van der Waals surface area contributed by atoms with Crippen molar-refractivity contribution in [3.8, 4) is 5.75 Å². The third-order valence-corrected chi connectivity index (χ3v) is 6.29. The van der Waals surface area contributed by atoms with E-state index in [1.807, 2.05) is 0 Å². The molecule has 1 saturated heterocycles. The molecule has 0 radical (unpaired) electrons. The fourth-order valence-electron chi connectivity index (χ4n) is 4.82. The summed E-state index contributed by atoms with van der Waals surface area (Å²) in [7, 11) is 1.78. The van der Waals surface area contributed by atoms with Crippen molar-refractivity contribution < 1.29 is 9.47 Å². The molecular weight excluding hydrogens is 274 g/mol. The normalized spacial score (nSPS) is 33.9. The van der Waals surface area contributed by atoms with Gasteiger partial charge in [0.25, 0.3) is 0 Å². The molecule has 4 rings (SSSR count). The number of nitrogens with one attached hydrogen (secondary N) is 1. The fraction of sp³-hybridized carbons (Fsp3) is 0.684. The van der Waals surface area contributed by atoms with Gasteiger partial charge in [-0.25, -0.2) is 0 Å². The number of hydrogen-bond acceptors (Lipinski definition) is 3. The highest BCUT2D eigenvalue weighted by molar-refractivity contribution is 5.43. The van der Waals surface area contributed by atoms with Crippen molar-refractivity contribution in [2.24, 2.45) is 11.3 Å². The van der Waals surface area contributed by atoms with Gasteiger partial charge in [0.15, 0.2) is 0 Å². The van der Waals surface area contributed by atoms with E-state index in [0.29, 0.717) is 18.1 Å². The van der Waals surface area contributed by atoms with E-state index in [-0.39, 0.29) is 10.8 Å². The molecule has 22 heavy (non-hydrogen) atoms. The van der Waals surface area contributed by atoms with Gasteiger partial charge in [-0.05, 0) is 25.3 Å². The minimum Gasteiger partial charge on any atom is -0.496 e. The molecule has 1 aromatic carbocycles. The van der Waals surface area contributed by atoms with Crippen LogP contribution in [0.5, 0.6) is 5.75 Å². The first-order chi connectivity index (χ1) is 10.6. The highest BCUT2D eigenvalue weighted by Gasteiger charge is 2.59. The number of methoxy groups -OCH3 is 1. The highest BCUT2D eigenvalue weighted by atomic mass is 16.5. The van der Waals surface area contributed by atoms with Gasteiger partial charge < -0.3 is 14.8 Å². The molecule has 1 aromatic rings. The topological polar surface area (TPSA) is 30.5 Å². The predicted octanol–water partition coefficient (Wildman–Crippen LogP) is 3.13. The van der Waals surface area contributed by atoms with E-state index in [1.54, 1.807) is 7.11 Å². The zero-order valence-corrected chi connectivity index (χ0v) is 13.9. The van der Waals surface area contributed by atoms with E-state index in [9.17, 15) is 0 Å². The molecule has 0 spiro atoms. The van der Waals surface area contributed by atoms with E-state index < -0.39 is 0 Å². The molecule has 0 amide bonds. The molecule has 3 heteroatoms. The molecule has 3 aliphatic rings. The van der Waals surface area contributed by atoms with E-state index in [2.05, 4.69) is 43.4 Å². The third-order valence-electron chi connectivity index (χ3n) is 6.29. The predicted molar refractivity (Wildman–Crippen MR) is 87.3 cm³/mol. The summed E-state index contributed by atoms with van der Waals surface area (Å²) >= 11 is 0. The van der Waals surface area contributed by atoms with Gasteiger partial charge in [0.05, 0.1) is 13.2 Å². The molecule has 0 unspecified atom stereocenters. The number of ether oxygens (including phenoxy) is 2. The highest BCUT2D eigenvalue weighted by Crippen LogP contribution is 2.54. The van der Waals surface area contributed by atoms with Crippen LogP contribution >= 0.6 is 0 Å². The Hall–Kier alpha value is -1.06. The van der Waals surface area contributed by atoms with Crippen molar-refractivity contribution in [3.05, 3.63) is 29.8 Å². The average Bonchev–Trinajstić information content (AvgIpc) is 3.17. The lowest BCUT2D eigenvalue weighted by Gasteiger charge is -2.55. The SMILES string of the molecule is COc1ccccc1C1(CN[C@@H]2[C@@H]3CCO[C@H]3C2(C)C)CC1. The van der Waals surface area contributed by atoms with Crippen LogP contribution in [-0.2, 0) is 10.2 Å². The molecular formula is C19H27NO2. The van der Waals surface area contributed by atoms with Crippen LogP contribution in [0.1, 0.15) is 38.7 Å². The minimum atomic E-state index is 0.262. The van der Waals surface area contributed by atoms with Crippen LogP contribution in [0.25, 0.3) is 0 Å². The summed E-state index contributed by atoms with van der Waals surface area (Å²) in [6.07, 6.45) is 4.20. The molecule has 0 bridgehead atoms. The largest absolute Gasteiger partial charge is 0.496 e. The molecule has 3 fully saturated rings. The molecule has 2 saturated carbocycles. The van der Waals surface area contributed by atoms with Gasteiger partial charge in [-0.2, -0.15) is 0 Å². The second kappa shape index (κ2) is 4.97. The van der Waals surface area contributed by atoms with Crippen molar-refractivity contribution in [1.82, 2.24) is 5.32 Å². The quantitative estimate of drug-likeness (QED) is 0.906. The van der Waals surface area contributed by atoms with E-state index in [0.717, 1.165) is 18.9 Å². The zero-order valence-electron chi connectivity index (χ0n) is 13.9. The number of para-hydroxylation sites is 1. The summed E-state index contributed by atoms with van der Waals surface area (Å²) in [6.45, 7) is 6.69. The number of rotatable bonds is 5. The van der Waals surface area contributed by atoms with E-state index in [1.165, 1.54) is 24.8 Å². The van der Waals surface area contributed by atoms with Crippen LogP contribution in [0.4, 0.5) is 0 Å². The van der Waals surface area contributed by atoms with E-state index in [4.69, 9.17) is 9.47 Å². The molecule has 1 N–H and O–H groups in total. The van der Waals surface area contributed by atoms with Crippen molar-refractivity contribution in [2.75, 3.05) is 20.3 Å². The average molecular weight is 301 g/mol. The van der Waals surface area contributed by atoms with Gasteiger partial charge in [-0.1, -0.05) is 32.0 Å². The fourth-order valence-corrected chi connectivity index (χ4v) is 4.82. The molecule has 1 heterocycles. The first-order valence-electron chi connectivity index (χ1n) is 8.57. The Morgan fingerprint density at radius 3 is 2.77 bits per heavy atom. The van der Waals surface area contributed by atoms with Gasteiger partial charge >= 0.3 is 0 Å². The maximum absolute atomic E-state index is 5.91. The van der Waals surface area contributed by atoms with Gasteiger partial charge in [0.1, 0.15) is 5.75 Å². The molecule has 1 aliphatic heterocycles. The Morgan fingerprint density at radius 2 is 2.05 bits per heavy atom. The lowest BCUT2D eigenvalue weighted by atomic mass is 9.57. The Bertz CT molecular complexity index is 564. The molecule has 0 aromatic heterocycles. The third kappa shape index (κ3) is 2.02. The van der Waals surface area contributed by atoms with Crippen LogP contribution in [0.3, 0.4) is 0 Å². The Morgan fingerprint density at radius 1 is 1.27 bits per heavy atom. The van der Waals surface area contributed by atoms with Gasteiger partial charge in [0, 0.05) is 41.5 Å². The molecule has 120 valence electrons. The van der Waals surface area contributed by atoms with Gasteiger partial charge in [-0.3, -0.25) is 0 Å². The summed E-state index contributed by atoms with van der Waals surface area (Å²) in [6, 6.07) is 9.10.